The maximum absolute atomic E-state index is 12.8. The van der Waals surface area contributed by atoms with Crippen molar-refractivity contribution in [1.29, 1.82) is 5.26 Å². The fourth-order valence-corrected chi connectivity index (χ4v) is 4.68. The Morgan fingerprint density at radius 1 is 1.18 bits per heavy atom. The van der Waals surface area contributed by atoms with Crippen molar-refractivity contribution in [2.24, 2.45) is 0 Å². The minimum atomic E-state index is -0.581. The third kappa shape index (κ3) is 3.71. The van der Waals surface area contributed by atoms with Gasteiger partial charge in [0, 0.05) is 16.3 Å². The predicted octanol–water partition coefficient (Wildman–Crippen LogP) is 6.01. The molecule has 0 aliphatic carbocycles. The van der Waals surface area contributed by atoms with Gasteiger partial charge >= 0.3 is 0 Å². The molecule has 0 saturated heterocycles. The molecule has 0 bridgehead atoms. The lowest BCUT2D eigenvalue weighted by Gasteiger charge is -2.39. The number of carbonyl (C=O) groups is 1. The molecule has 4 aromatic rings. The molecule has 5 rings (SSSR count). The summed E-state index contributed by atoms with van der Waals surface area (Å²) in [5.41, 5.74) is 4.24. The van der Waals surface area contributed by atoms with Gasteiger partial charge in [0.2, 0.25) is 0 Å². The molecule has 0 saturated carbocycles. The summed E-state index contributed by atoms with van der Waals surface area (Å²) >= 11 is 10.7. The average molecular weight is 487 g/mol. The number of aromatic nitrogens is 1. The first-order valence-electron chi connectivity index (χ1n) is 10.7. The molecule has 0 radical (unpaired) electrons. The minimum Gasteiger partial charge on any atom is -0.355 e. The number of nitrogens with one attached hydrogen (secondary N) is 1. The summed E-state index contributed by atoms with van der Waals surface area (Å²) < 4.78 is 5.65. The molecule has 3 aromatic carbocycles. The van der Waals surface area contributed by atoms with Crippen LogP contribution in [0.1, 0.15) is 24.2 Å². The van der Waals surface area contributed by atoms with E-state index in [0.29, 0.717) is 21.3 Å². The van der Waals surface area contributed by atoms with Crippen molar-refractivity contribution in [3.8, 4) is 17.4 Å². The molecule has 6 nitrogen and oxygen atoms in total. The zero-order valence-corrected chi connectivity index (χ0v) is 19.8. The monoisotopic (exact) mass is 486 g/mol. The van der Waals surface area contributed by atoms with Crippen LogP contribution < -0.4 is 10.2 Å². The third-order valence-electron chi connectivity index (χ3n) is 5.87. The fourth-order valence-electron chi connectivity index (χ4n) is 4.18. The van der Waals surface area contributed by atoms with Crippen molar-refractivity contribution < 1.29 is 9.32 Å². The summed E-state index contributed by atoms with van der Waals surface area (Å²) in [6, 6.07) is 22.9. The van der Waals surface area contributed by atoms with E-state index in [1.54, 1.807) is 12.1 Å². The van der Waals surface area contributed by atoms with Crippen molar-refractivity contribution in [3.05, 3.63) is 93.5 Å². The zero-order chi connectivity index (χ0) is 23.8. The molecule has 8 heteroatoms. The Labute approximate surface area is 206 Å². The van der Waals surface area contributed by atoms with Gasteiger partial charge in [-0.15, -0.1) is 12.6 Å². The molecule has 1 unspecified atom stereocenters. The van der Waals surface area contributed by atoms with Crippen molar-refractivity contribution in [2.45, 2.75) is 19.5 Å². The predicted molar refractivity (Wildman–Crippen MR) is 135 cm³/mol. The molecular weight excluding hydrogens is 468 g/mol. The molecule has 1 aromatic heterocycles. The highest BCUT2D eigenvalue weighted by Crippen LogP contribution is 2.39. The van der Waals surface area contributed by atoms with E-state index in [9.17, 15) is 10.1 Å². The number of thiol groups is 1. The number of nitrogens with zero attached hydrogens (tertiary/aromatic N) is 3. The smallest absolute Gasteiger partial charge is 0.266 e. The number of halogens is 1. The number of hydrogen-bond acceptors (Lipinski definition) is 6. The highest BCUT2D eigenvalue weighted by molar-refractivity contribution is 7.84. The molecule has 1 aliphatic heterocycles. The van der Waals surface area contributed by atoms with E-state index in [0.717, 1.165) is 34.2 Å². The number of rotatable bonds is 4. The summed E-state index contributed by atoms with van der Waals surface area (Å²) in [6.07, 6.45) is 0.198. The molecule has 1 N–H and O–H groups in total. The number of fused-ring (bicyclic) bond motifs is 1. The molecule has 0 fully saturated rings. The van der Waals surface area contributed by atoms with Crippen molar-refractivity contribution in [3.63, 3.8) is 0 Å². The summed E-state index contributed by atoms with van der Waals surface area (Å²) in [5, 5.41) is 18.5. The molecule has 168 valence electrons. The maximum atomic E-state index is 12.8. The second kappa shape index (κ2) is 8.90. The van der Waals surface area contributed by atoms with E-state index in [4.69, 9.17) is 16.1 Å². The molecule has 0 spiro atoms. The molecule has 34 heavy (non-hydrogen) atoms. The van der Waals surface area contributed by atoms with Gasteiger partial charge in [-0.2, -0.15) is 5.26 Å². The quantitative estimate of drug-likeness (QED) is 0.345. The number of hydrogen-bond donors (Lipinski definition) is 2. The Morgan fingerprint density at radius 3 is 2.68 bits per heavy atom. The van der Waals surface area contributed by atoms with Gasteiger partial charge in [-0.25, -0.2) is 0 Å². The summed E-state index contributed by atoms with van der Waals surface area (Å²) in [4.78, 5) is 14.7. The fraction of sp³-hybridized carbons (Fsp3) is 0.115. The number of carbonyl (C=O) groups excluding carboxylic acids is 1. The van der Waals surface area contributed by atoms with Gasteiger partial charge in [-0.05, 0) is 60.0 Å². The number of anilines is 1. The van der Waals surface area contributed by atoms with E-state index in [1.807, 2.05) is 65.6 Å². The Bertz CT molecular complexity index is 1490. The van der Waals surface area contributed by atoms with E-state index in [2.05, 4.69) is 30.0 Å². The highest BCUT2D eigenvalue weighted by Gasteiger charge is 2.35. The van der Waals surface area contributed by atoms with Crippen LogP contribution in [0.3, 0.4) is 0 Å². The molecular formula is C26H19ClN4O2S. The second-order valence-corrected chi connectivity index (χ2v) is 8.69. The van der Waals surface area contributed by atoms with E-state index >= 15 is 0 Å². The number of aryl methyl sites for hydroxylation is 1. The summed E-state index contributed by atoms with van der Waals surface area (Å²) in [6.45, 7) is 2.06. The first kappa shape index (κ1) is 22.1. The molecule has 1 amide bonds. The van der Waals surface area contributed by atoms with Gasteiger partial charge < -0.3 is 14.7 Å². The van der Waals surface area contributed by atoms with E-state index < -0.39 is 12.1 Å². The normalized spacial score (nSPS) is 16.0. The van der Waals surface area contributed by atoms with Crippen LogP contribution in [-0.2, 0) is 11.2 Å². The third-order valence-corrected chi connectivity index (χ3v) is 6.56. The van der Waals surface area contributed by atoms with Gasteiger partial charge in [-0.3, -0.25) is 4.79 Å². The van der Waals surface area contributed by atoms with Crippen molar-refractivity contribution in [2.75, 3.05) is 4.90 Å². The van der Waals surface area contributed by atoms with Crippen LogP contribution in [0.25, 0.3) is 22.2 Å². The van der Waals surface area contributed by atoms with Gasteiger partial charge in [-0.1, -0.05) is 47.9 Å². The summed E-state index contributed by atoms with van der Waals surface area (Å²) in [7, 11) is 0. The van der Waals surface area contributed by atoms with E-state index in [1.165, 1.54) is 0 Å². The van der Waals surface area contributed by atoms with Gasteiger partial charge in [0.25, 0.3) is 5.91 Å². The Morgan fingerprint density at radius 2 is 1.94 bits per heavy atom. The van der Waals surface area contributed by atoms with Gasteiger partial charge in [0.15, 0.2) is 5.76 Å². The van der Waals surface area contributed by atoms with Crippen LogP contribution in [0, 0.1) is 11.3 Å². The molecule has 1 atom stereocenters. The first-order valence-corrected chi connectivity index (χ1v) is 11.5. The lowest BCUT2D eigenvalue weighted by Crippen LogP contribution is -2.46. The Balaban J connectivity index is 1.68. The van der Waals surface area contributed by atoms with Gasteiger partial charge in [0.1, 0.15) is 23.3 Å². The van der Waals surface area contributed by atoms with Gasteiger partial charge in [0.05, 0.1) is 10.4 Å². The number of para-hydroxylation sites is 1. The highest BCUT2D eigenvalue weighted by atomic mass is 35.5. The first-order chi connectivity index (χ1) is 16.5. The van der Waals surface area contributed by atoms with Crippen molar-refractivity contribution in [1.82, 2.24) is 10.5 Å². The Kier molecular flexibility index (Phi) is 5.78. The standard InChI is InChI=1S/C26H19ClN4O2S/c1-2-15-5-3-4-6-22(15)31-24(29-25(32)20(14-28)26(31)34)17-9-12-21-19(13-17)23(33-30-21)16-7-10-18(27)11-8-16/h3-13,24,34H,2H2,1H3,(H,29,32). The molecule has 1 aliphatic rings. The van der Waals surface area contributed by atoms with E-state index in [-0.39, 0.29) is 5.57 Å². The second-order valence-electron chi connectivity index (χ2n) is 7.83. The Hall–Kier alpha value is -3.73. The largest absolute Gasteiger partial charge is 0.355 e. The SMILES string of the molecule is CCc1ccccc1N1C(S)=C(C#N)C(=O)NC1c1ccc2noc(-c3ccc(Cl)cc3)c2c1. The van der Waals surface area contributed by atoms with Crippen LogP contribution in [0.15, 0.2) is 81.9 Å². The topological polar surface area (TPSA) is 82.2 Å². The number of benzene rings is 3. The lowest BCUT2D eigenvalue weighted by molar-refractivity contribution is -0.118. The number of nitriles is 1. The zero-order valence-electron chi connectivity index (χ0n) is 18.1. The van der Waals surface area contributed by atoms with Crippen LogP contribution in [-0.4, -0.2) is 11.1 Å². The molecule has 2 heterocycles. The van der Waals surface area contributed by atoms with Crippen LogP contribution in [0.2, 0.25) is 5.02 Å². The van der Waals surface area contributed by atoms with Crippen molar-refractivity contribution >= 4 is 46.7 Å². The minimum absolute atomic E-state index is 0.0293. The van der Waals surface area contributed by atoms with Crippen LogP contribution >= 0.6 is 24.2 Å². The van der Waals surface area contributed by atoms with Crippen LogP contribution in [0.4, 0.5) is 5.69 Å². The van der Waals surface area contributed by atoms with Crippen LogP contribution in [0.5, 0.6) is 0 Å². The summed E-state index contributed by atoms with van der Waals surface area (Å²) in [5.74, 6) is 0.140. The number of amides is 1. The lowest BCUT2D eigenvalue weighted by atomic mass is 10.0. The maximum Gasteiger partial charge on any atom is 0.266 e. The average Bonchev–Trinajstić information content (AvgIpc) is 3.28.